The van der Waals surface area contributed by atoms with Crippen LogP contribution in [-0.2, 0) is 11.2 Å². The molecule has 2 rings (SSSR count). The lowest BCUT2D eigenvalue weighted by Gasteiger charge is -2.15. The lowest BCUT2D eigenvalue weighted by Crippen LogP contribution is -2.20. The van der Waals surface area contributed by atoms with Crippen molar-refractivity contribution in [1.82, 2.24) is 5.32 Å². The molecule has 2 aromatic rings. The predicted octanol–water partition coefficient (Wildman–Crippen LogP) is 4.39. The van der Waals surface area contributed by atoms with Gasteiger partial charge in [-0.05, 0) is 56.5 Å². The van der Waals surface area contributed by atoms with E-state index in [1.165, 1.54) is 11.1 Å². The van der Waals surface area contributed by atoms with Gasteiger partial charge in [-0.3, -0.25) is 0 Å². The van der Waals surface area contributed by atoms with E-state index in [0.29, 0.717) is 19.3 Å². The maximum Gasteiger partial charge on any atom is 0.119 e. The quantitative estimate of drug-likeness (QED) is 0.621. The van der Waals surface area contributed by atoms with Gasteiger partial charge in [-0.15, -0.1) is 0 Å². The zero-order chi connectivity index (χ0) is 17.0. The number of nitrogens with one attached hydrogen (secondary N) is 1. The van der Waals surface area contributed by atoms with E-state index in [-0.39, 0.29) is 0 Å². The van der Waals surface area contributed by atoms with Crippen LogP contribution in [0.1, 0.15) is 37.4 Å². The Morgan fingerprint density at radius 2 is 1.71 bits per heavy atom. The Balaban J connectivity index is 1.67. The molecular formula is C21H29NO2. The van der Waals surface area contributed by atoms with Crippen LogP contribution < -0.4 is 10.1 Å². The Bertz CT molecular complexity index is 554. The summed E-state index contributed by atoms with van der Waals surface area (Å²) in [4.78, 5) is 0. The monoisotopic (exact) mass is 327 g/mol. The van der Waals surface area contributed by atoms with E-state index in [2.05, 4.69) is 54.7 Å². The van der Waals surface area contributed by atoms with Crippen molar-refractivity contribution in [3.05, 3.63) is 65.7 Å². The molecule has 3 heteroatoms. The highest BCUT2D eigenvalue weighted by molar-refractivity contribution is 5.29. The lowest BCUT2D eigenvalue weighted by molar-refractivity contribution is 0.110. The average Bonchev–Trinajstić information content (AvgIpc) is 2.63. The van der Waals surface area contributed by atoms with E-state index in [0.717, 1.165) is 31.7 Å². The van der Waals surface area contributed by atoms with Gasteiger partial charge in [-0.2, -0.15) is 0 Å². The minimum atomic E-state index is 0.346. The van der Waals surface area contributed by atoms with Crippen LogP contribution in [0.4, 0.5) is 0 Å². The molecule has 130 valence electrons. The molecule has 0 aromatic heterocycles. The molecule has 1 N–H and O–H groups in total. The zero-order valence-electron chi connectivity index (χ0n) is 14.8. The van der Waals surface area contributed by atoms with Crippen molar-refractivity contribution in [1.29, 1.82) is 0 Å². The molecule has 1 atom stereocenters. The molecule has 0 bridgehead atoms. The van der Waals surface area contributed by atoms with E-state index in [1.54, 1.807) is 0 Å². The molecule has 0 saturated carbocycles. The van der Waals surface area contributed by atoms with Gasteiger partial charge in [0, 0.05) is 12.6 Å². The molecule has 0 fully saturated rings. The van der Waals surface area contributed by atoms with Gasteiger partial charge in [0.15, 0.2) is 0 Å². The highest BCUT2D eigenvalue weighted by Gasteiger charge is 2.05. The number of hydrogen-bond donors (Lipinski definition) is 1. The van der Waals surface area contributed by atoms with Crippen molar-refractivity contribution in [2.24, 2.45) is 0 Å². The fourth-order valence-corrected chi connectivity index (χ4v) is 2.59. The smallest absolute Gasteiger partial charge is 0.119 e. The Morgan fingerprint density at radius 1 is 0.958 bits per heavy atom. The summed E-state index contributed by atoms with van der Waals surface area (Å²) in [5, 5.41) is 3.59. The molecule has 3 nitrogen and oxygen atoms in total. The SMILES string of the molecule is CCOCCOc1ccc(C(C)NCCCc2ccccc2)cc1. The third kappa shape index (κ3) is 6.73. The first-order chi connectivity index (χ1) is 11.8. The molecule has 0 aliphatic heterocycles. The molecule has 0 spiro atoms. The Labute approximate surface area is 146 Å². The second-order valence-electron chi connectivity index (χ2n) is 5.88. The molecule has 0 saturated heterocycles. The van der Waals surface area contributed by atoms with E-state index >= 15 is 0 Å². The van der Waals surface area contributed by atoms with E-state index in [1.807, 2.05) is 19.1 Å². The summed E-state index contributed by atoms with van der Waals surface area (Å²) in [6, 6.07) is 19.3. The van der Waals surface area contributed by atoms with Gasteiger partial charge in [0.1, 0.15) is 12.4 Å². The molecule has 0 radical (unpaired) electrons. The zero-order valence-corrected chi connectivity index (χ0v) is 14.8. The molecule has 0 heterocycles. The number of hydrogen-bond acceptors (Lipinski definition) is 3. The largest absolute Gasteiger partial charge is 0.491 e. The number of benzene rings is 2. The molecule has 0 aliphatic carbocycles. The maximum absolute atomic E-state index is 5.64. The van der Waals surface area contributed by atoms with Crippen molar-refractivity contribution in [3.63, 3.8) is 0 Å². The second-order valence-corrected chi connectivity index (χ2v) is 5.88. The van der Waals surface area contributed by atoms with Gasteiger partial charge in [0.2, 0.25) is 0 Å². The minimum absolute atomic E-state index is 0.346. The fraction of sp³-hybridized carbons (Fsp3) is 0.429. The highest BCUT2D eigenvalue weighted by Crippen LogP contribution is 2.17. The van der Waals surface area contributed by atoms with Crippen LogP contribution in [0.5, 0.6) is 5.75 Å². The molecular weight excluding hydrogens is 298 g/mol. The molecule has 24 heavy (non-hydrogen) atoms. The van der Waals surface area contributed by atoms with E-state index < -0.39 is 0 Å². The van der Waals surface area contributed by atoms with E-state index in [4.69, 9.17) is 9.47 Å². The minimum Gasteiger partial charge on any atom is -0.491 e. The van der Waals surface area contributed by atoms with Gasteiger partial charge in [0.05, 0.1) is 6.61 Å². The van der Waals surface area contributed by atoms with Crippen molar-refractivity contribution in [2.75, 3.05) is 26.4 Å². The summed E-state index contributed by atoms with van der Waals surface area (Å²) in [5.41, 5.74) is 2.69. The van der Waals surface area contributed by atoms with Crippen LogP contribution in [0.2, 0.25) is 0 Å². The van der Waals surface area contributed by atoms with Gasteiger partial charge in [-0.25, -0.2) is 0 Å². The first-order valence-electron chi connectivity index (χ1n) is 8.87. The normalized spacial score (nSPS) is 12.1. The second kappa shape index (κ2) is 10.8. The van der Waals surface area contributed by atoms with Gasteiger partial charge < -0.3 is 14.8 Å². The molecule has 2 aromatic carbocycles. The van der Waals surface area contributed by atoms with Crippen LogP contribution in [0, 0.1) is 0 Å². The average molecular weight is 327 g/mol. The number of rotatable bonds is 11. The summed E-state index contributed by atoms with van der Waals surface area (Å²) in [5.74, 6) is 0.898. The van der Waals surface area contributed by atoms with Crippen LogP contribution in [0.3, 0.4) is 0 Å². The summed E-state index contributed by atoms with van der Waals surface area (Å²) in [6.45, 7) is 7.17. The third-order valence-corrected chi connectivity index (χ3v) is 4.02. The number of aryl methyl sites for hydroxylation is 1. The highest BCUT2D eigenvalue weighted by atomic mass is 16.5. The summed E-state index contributed by atoms with van der Waals surface area (Å²) in [7, 11) is 0. The van der Waals surface area contributed by atoms with Crippen LogP contribution in [0.25, 0.3) is 0 Å². The Kier molecular flexibility index (Phi) is 8.36. The molecule has 0 amide bonds. The van der Waals surface area contributed by atoms with Gasteiger partial charge in [0.25, 0.3) is 0 Å². The van der Waals surface area contributed by atoms with Gasteiger partial charge in [-0.1, -0.05) is 42.5 Å². The molecule has 1 unspecified atom stereocenters. The van der Waals surface area contributed by atoms with Crippen molar-refractivity contribution in [2.45, 2.75) is 32.7 Å². The fourth-order valence-electron chi connectivity index (χ4n) is 2.59. The van der Waals surface area contributed by atoms with Crippen LogP contribution >= 0.6 is 0 Å². The topological polar surface area (TPSA) is 30.5 Å². The van der Waals surface area contributed by atoms with E-state index in [9.17, 15) is 0 Å². The summed E-state index contributed by atoms with van der Waals surface area (Å²) < 4.78 is 10.9. The van der Waals surface area contributed by atoms with Gasteiger partial charge >= 0.3 is 0 Å². The predicted molar refractivity (Wildman–Crippen MR) is 99.6 cm³/mol. The van der Waals surface area contributed by atoms with Crippen molar-refractivity contribution >= 4 is 0 Å². The van der Waals surface area contributed by atoms with Crippen LogP contribution in [-0.4, -0.2) is 26.4 Å². The first kappa shape index (κ1) is 18.5. The lowest BCUT2D eigenvalue weighted by atomic mass is 10.1. The third-order valence-electron chi connectivity index (χ3n) is 4.02. The van der Waals surface area contributed by atoms with Crippen molar-refractivity contribution in [3.8, 4) is 5.75 Å². The molecule has 0 aliphatic rings. The maximum atomic E-state index is 5.64. The van der Waals surface area contributed by atoms with Crippen molar-refractivity contribution < 1.29 is 9.47 Å². The Hall–Kier alpha value is -1.84. The van der Waals surface area contributed by atoms with Crippen LogP contribution in [0.15, 0.2) is 54.6 Å². The summed E-state index contributed by atoms with van der Waals surface area (Å²) >= 11 is 0. The Morgan fingerprint density at radius 3 is 2.42 bits per heavy atom. The standard InChI is InChI=1S/C21H29NO2/c1-3-23-16-17-24-21-13-11-20(12-14-21)18(2)22-15-7-10-19-8-5-4-6-9-19/h4-6,8-9,11-14,18,22H,3,7,10,15-17H2,1-2H3. The summed E-state index contributed by atoms with van der Waals surface area (Å²) in [6.07, 6.45) is 2.26. The number of ether oxygens (including phenoxy) is 2. The first-order valence-corrected chi connectivity index (χ1v) is 8.87.